The Morgan fingerprint density at radius 1 is 1.28 bits per heavy atom. The van der Waals surface area contributed by atoms with Gasteiger partial charge in [0.15, 0.2) is 0 Å². The fourth-order valence-corrected chi connectivity index (χ4v) is 2.44. The smallest absolute Gasteiger partial charge is 0.287 e. The normalized spacial score (nSPS) is 10.6. The second kappa shape index (κ2) is 7.31. The van der Waals surface area contributed by atoms with Gasteiger partial charge in [-0.2, -0.15) is 0 Å². The van der Waals surface area contributed by atoms with Gasteiger partial charge in [-0.15, -0.1) is 0 Å². The number of hydrogen-bond acceptors (Lipinski definition) is 6. The lowest BCUT2D eigenvalue weighted by Crippen LogP contribution is -2.04. The standard InChI is InChI=1S/C17H14ClN3O4/c1-11-15(20-17(25-11)13-4-2-3-5-14(13)18)8-9-24-16-7-6-12(10-19-16)21(22)23/h2-7,10H,8-9H2,1H3. The van der Waals surface area contributed by atoms with Crippen molar-refractivity contribution in [2.75, 3.05) is 6.61 Å². The van der Waals surface area contributed by atoms with E-state index in [1.54, 1.807) is 6.07 Å². The molecule has 0 N–H and O–H groups in total. The molecule has 0 spiro atoms. The van der Waals surface area contributed by atoms with Crippen LogP contribution in [0.1, 0.15) is 11.5 Å². The molecule has 7 nitrogen and oxygen atoms in total. The van der Waals surface area contributed by atoms with Gasteiger partial charge < -0.3 is 9.15 Å². The Kier molecular flexibility index (Phi) is 4.95. The first-order valence-corrected chi connectivity index (χ1v) is 7.87. The highest BCUT2D eigenvalue weighted by Crippen LogP contribution is 2.28. The van der Waals surface area contributed by atoms with Gasteiger partial charge >= 0.3 is 0 Å². The predicted octanol–water partition coefficient (Wildman–Crippen LogP) is 4.23. The van der Waals surface area contributed by atoms with Gasteiger partial charge in [0, 0.05) is 18.6 Å². The molecule has 0 bridgehead atoms. The van der Waals surface area contributed by atoms with Gasteiger partial charge in [-0.1, -0.05) is 23.7 Å². The third kappa shape index (κ3) is 3.95. The molecule has 8 heteroatoms. The number of aromatic nitrogens is 2. The maximum absolute atomic E-state index is 10.6. The van der Waals surface area contributed by atoms with Gasteiger partial charge in [0.2, 0.25) is 11.8 Å². The van der Waals surface area contributed by atoms with Crippen LogP contribution in [0.3, 0.4) is 0 Å². The highest BCUT2D eigenvalue weighted by Gasteiger charge is 2.14. The highest BCUT2D eigenvalue weighted by molar-refractivity contribution is 6.33. The van der Waals surface area contributed by atoms with Gasteiger partial charge in [0.05, 0.1) is 27.8 Å². The third-order valence-corrected chi connectivity index (χ3v) is 3.85. The van der Waals surface area contributed by atoms with Crippen molar-refractivity contribution >= 4 is 17.3 Å². The summed E-state index contributed by atoms with van der Waals surface area (Å²) in [4.78, 5) is 18.4. The summed E-state index contributed by atoms with van der Waals surface area (Å²) in [6, 6.07) is 10.1. The molecule has 0 amide bonds. The first-order chi connectivity index (χ1) is 12.0. The van der Waals surface area contributed by atoms with Crippen molar-refractivity contribution in [1.29, 1.82) is 0 Å². The number of hydrogen-bond donors (Lipinski definition) is 0. The van der Waals surface area contributed by atoms with Crippen molar-refractivity contribution < 1.29 is 14.1 Å². The largest absolute Gasteiger partial charge is 0.477 e. The van der Waals surface area contributed by atoms with Crippen molar-refractivity contribution in [2.24, 2.45) is 0 Å². The molecule has 2 aromatic heterocycles. The average Bonchev–Trinajstić information content (AvgIpc) is 2.96. The molecule has 3 rings (SSSR count). The average molecular weight is 360 g/mol. The van der Waals surface area contributed by atoms with Crippen molar-refractivity contribution in [1.82, 2.24) is 9.97 Å². The molecule has 0 aliphatic heterocycles. The second-order valence-corrected chi connectivity index (χ2v) is 5.62. The number of nitro groups is 1. The van der Waals surface area contributed by atoms with E-state index >= 15 is 0 Å². The predicted molar refractivity (Wildman–Crippen MR) is 91.8 cm³/mol. The first kappa shape index (κ1) is 16.9. The van der Waals surface area contributed by atoms with E-state index in [-0.39, 0.29) is 5.69 Å². The lowest BCUT2D eigenvalue weighted by atomic mass is 10.2. The van der Waals surface area contributed by atoms with Gasteiger partial charge in [0.1, 0.15) is 12.0 Å². The lowest BCUT2D eigenvalue weighted by molar-refractivity contribution is -0.385. The maximum atomic E-state index is 10.6. The van der Waals surface area contributed by atoms with Gasteiger partial charge in [-0.3, -0.25) is 10.1 Å². The Labute approximate surface area is 148 Å². The zero-order chi connectivity index (χ0) is 17.8. The van der Waals surface area contributed by atoms with E-state index < -0.39 is 4.92 Å². The number of nitrogens with zero attached hydrogens (tertiary/aromatic N) is 3. The molecular formula is C17H14ClN3O4. The molecule has 0 fully saturated rings. The Morgan fingerprint density at radius 2 is 2.08 bits per heavy atom. The Morgan fingerprint density at radius 3 is 2.76 bits per heavy atom. The molecule has 1 aromatic carbocycles. The number of rotatable bonds is 6. The van der Waals surface area contributed by atoms with E-state index in [1.165, 1.54) is 12.1 Å². The molecular weight excluding hydrogens is 346 g/mol. The van der Waals surface area contributed by atoms with E-state index in [0.29, 0.717) is 35.6 Å². The van der Waals surface area contributed by atoms with Crippen LogP contribution in [0.25, 0.3) is 11.5 Å². The minimum absolute atomic E-state index is 0.0796. The molecule has 0 atom stereocenters. The van der Waals surface area contributed by atoms with Crippen LogP contribution in [0.4, 0.5) is 5.69 Å². The molecule has 0 unspecified atom stereocenters. The van der Waals surface area contributed by atoms with Crippen LogP contribution >= 0.6 is 11.6 Å². The molecule has 0 aliphatic rings. The minimum Gasteiger partial charge on any atom is -0.477 e. The molecule has 0 saturated carbocycles. The molecule has 0 radical (unpaired) electrons. The molecule has 128 valence electrons. The minimum atomic E-state index is -0.508. The molecule has 0 saturated heterocycles. The Balaban J connectivity index is 1.64. The Bertz CT molecular complexity index is 893. The molecule has 2 heterocycles. The number of ether oxygens (including phenoxy) is 1. The van der Waals surface area contributed by atoms with Crippen molar-refractivity contribution in [3.8, 4) is 17.3 Å². The number of aryl methyl sites for hydroxylation is 1. The van der Waals surface area contributed by atoms with Crippen LogP contribution in [0, 0.1) is 17.0 Å². The second-order valence-electron chi connectivity index (χ2n) is 5.21. The zero-order valence-electron chi connectivity index (χ0n) is 13.3. The summed E-state index contributed by atoms with van der Waals surface area (Å²) in [6.07, 6.45) is 1.67. The van der Waals surface area contributed by atoms with Crippen LogP contribution < -0.4 is 4.74 Å². The fourth-order valence-electron chi connectivity index (χ4n) is 2.23. The van der Waals surface area contributed by atoms with E-state index in [2.05, 4.69) is 9.97 Å². The van der Waals surface area contributed by atoms with Crippen LogP contribution in [0.2, 0.25) is 5.02 Å². The first-order valence-electron chi connectivity index (χ1n) is 7.49. The van der Waals surface area contributed by atoms with Gasteiger partial charge in [0.25, 0.3) is 5.69 Å². The summed E-state index contributed by atoms with van der Waals surface area (Å²) in [5.74, 6) is 1.47. The van der Waals surface area contributed by atoms with Gasteiger partial charge in [-0.25, -0.2) is 9.97 Å². The summed E-state index contributed by atoms with van der Waals surface area (Å²) >= 11 is 6.16. The maximum Gasteiger partial charge on any atom is 0.287 e. The topological polar surface area (TPSA) is 91.3 Å². The van der Waals surface area contributed by atoms with Crippen LogP contribution in [0.15, 0.2) is 47.0 Å². The van der Waals surface area contributed by atoms with E-state index in [9.17, 15) is 10.1 Å². The summed E-state index contributed by atoms with van der Waals surface area (Å²) in [5.41, 5.74) is 1.41. The van der Waals surface area contributed by atoms with Gasteiger partial charge in [-0.05, 0) is 19.1 Å². The quantitative estimate of drug-likeness (QED) is 0.483. The van der Waals surface area contributed by atoms with E-state index in [4.69, 9.17) is 20.8 Å². The van der Waals surface area contributed by atoms with E-state index in [0.717, 1.165) is 17.5 Å². The van der Waals surface area contributed by atoms with Crippen LogP contribution in [-0.4, -0.2) is 21.5 Å². The fraction of sp³-hybridized carbons (Fsp3) is 0.176. The van der Waals surface area contributed by atoms with Crippen molar-refractivity contribution in [2.45, 2.75) is 13.3 Å². The summed E-state index contributed by atoms with van der Waals surface area (Å²) in [5, 5.41) is 11.2. The number of benzene rings is 1. The summed E-state index contributed by atoms with van der Waals surface area (Å²) in [7, 11) is 0. The lowest BCUT2D eigenvalue weighted by Gasteiger charge is -2.03. The highest BCUT2D eigenvalue weighted by atomic mass is 35.5. The van der Waals surface area contributed by atoms with Crippen molar-refractivity contribution in [3.63, 3.8) is 0 Å². The SMILES string of the molecule is Cc1oc(-c2ccccc2Cl)nc1CCOc1ccc([N+](=O)[O-])cn1. The van der Waals surface area contributed by atoms with Crippen LogP contribution in [-0.2, 0) is 6.42 Å². The monoisotopic (exact) mass is 359 g/mol. The zero-order valence-corrected chi connectivity index (χ0v) is 14.1. The molecule has 0 aliphatic carbocycles. The Hall–Kier alpha value is -2.93. The number of pyridine rings is 1. The van der Waals surface area contributed by atoms with E-state index in [1.807, 2.05) is 25.1 Å². The number of oxazole rings is 1. The molecule has 25 heavy (non-hydrogen) atoms. The summed E-state index contributed by atoms with van der Waals surface area (Å²) in [6.45, 7) is 2.15. The van der Waals surface area contributed by atoms with Crippen LogP contribution in [0.5, 0.6) is 5.88 Å². The summed E-state index contributed by atoms with van der Waals surface area (Å²) < 4.78 is 11.2. The molecule has 3 aromatic rings. The number of halogens is 1. The third-order valence-electron chi connectivity index (χ3n) is 3.52. The van der Waals surface area contributed by atoms with Crippen molar-refractivity contribution in [3.05, 3.63) is 69.2 Å².